The number of hydrogen-bond acceptors (Lipinski definition) is 4. The highest BCUT2D eigenvalue weighted by Gasteiger charge is 2.28. The zero-order valence-electron chi connectivity index (χ0n) is 12.5. The van der Waals surface area contributed by atoms with Crippen molar-refractivity contribution in [2.75, 3.05) is 26.2 Å². The molecule has 1 saturated heterocycles. The topological polar surface area (TPSA) is 38.8 Å². The highest BCUT2D eigenvalue weighted by molar-refractivity contribution is 6.02. The molecule has 0 aliphatic carbocycles. The maximum Gasteiger partial charge on any atom is 0.196 e. The minimum atomic E-state index is -0.388. The Bertz CT molecular complexity index is 459. The van der Waals surface area contributed by atoms with Gasteiger partial charge in [0, 0.05) is 13.1 Å². The van der Waals surface area contributed by atoms with Crippen molar-refractivity contribution in [3.05, 3.63) is 29.8 Å². The summed E-state index contributed by atoms with van der Waals surface area (Å²) in [6.45, 7) is 9.11. The second-order valence-corrected chi connectivity index (χ2v) is 5.28. The Hall–Kier alpha value is -1.39. The van der Waals surface area contributed by atoms with E-state index >= 15 is 0 Å². The fourth-order valence-electron chi connectivity index (χ4n) is 2.35. The second kappa shape index (κ2) is 6.86. The Morgan fingerprint density at radius 1 is 1.45 bits per heavy atom. The lowest BCUT2D eigenvalue weighted by molar-refractivity contribution is -0.0150. The van der Waals surface area contributed by atoms with Gasteiger partial charge in [-0.25, -0.2) is 0 Å². The van der Waals surface area contributed by atoms with Crippen LogP contribution in [0.3, 0.4) is 0 Å². The number of carbonyl (C=O) groups excluding carboxylic acids is 1. The normalized spacial score (nSPS) is 20.1. The predicted octanol–water partition coefficient (Wildman–Crippen LogP) is 2.38. The summed E-state index contributed by atoms with van der Waals surface area (Å²) in [7, 11) is 0. The van der Waals surface area contributed by atoms with E-state index in [1.807, 2.05) is 38.1 Å². The Labute approximate surface area is 120 Å². The molecule has 1 heterocycles. The Kier molecular flexibility index (Phi) is 5.15. The molecule has 2 rings (SSSR count). The summed E-state index contributed by atoms with van der Waals surface area (Å²) in [6.07, 6.45) is -0.344. The molecule has 0 aromatic heterocycles. The van der Waals surface area contributed by atoms with Crippen LogP contribution in [0.25, 0.3) is 0 Å². The van der Waals surface area contributed by atoms with Crippen molar-refractivity contribution >= 4 is 5.78 Å². The Morgan fingerprint density at radius 2 is 2.20 bits per heavy atom. The van der Waals surface area contributed by atoms with Gasteiger partial charge in [0.05, 0.1) is 18.3 Å². The molecule has 0 amide bonds. The van der Waals surface area contributed by atoms with Gasteiger partial charge in [-0.15, -0.1) is 0 Å². The zero-order chi connectivity index (χ0) is 14.5. The quantitative estimate of drug-likeness (QED) is 0.775. The molecule has 110 valence electrons. The van der Waals surface area contributed by atoms with Crippen LogP contribution in [-0.2, 0) is 4.74 Å². The first-order valence-corrected chi connectivity index (χ1v) is 7.25. The molecular formula is C16H23NO3. The largest absolute Gasteiger partial charge is 0.490 e. The van der Waals surface area contributed by atoms with Gasteiger partial charge in [0.15, 0.2) is 5.78 Å². The highest BCUT2D eigenvalue weighted by Crippen LogP contribution is 2.23. The Morgan fingerprint density at radius 3 is 2.90 bits per heavy atom. The molecule has 20 heavy (non-hydrogen) atoms. The molecule has 1 aliphatic heterocycles. The van der Waals surface area contributed by atoms with Gasteiger partial charge in [-0.3, -0.25) is 9.69 Å². The lowest BCUT2D eigenvalue weighted by atomic mass is 10.0. The number of ether oxygens (including phenoxy) is 2. The molecule has 0 bridgehead atoms. The molecule has 1 aliphatic rings. The van der Waals surface area contributed by atoms with Crippen molar-refractivity contribution < 1.29 is 14.3 Å². The third kappa shape index (κ3) is 3.58. The van der Waals surface area contributed by atoms with Crippen LogP contribution in [0.5, 0.6) is 5.75 Å². The van der Waals surface area contributed by atoms with Gasteiger partial charge in [-0.05, 0) is 32.5 Å². The Balaban J connectivity index is 2.16. The van der Waals surface area contributed by atoms with E-state index in [1.165, 1.54) is 0 Å². The van der Waals surface area contributed by atoms with Crippen molar-refractivity contribution in [2.45, 2.75) is 33.0 Å². The molecule has 0 saturated carbocycles. The third-order valence-electron chi connectivity index (χ3n) is 3.41. The van der Waals surface area contributed by atoms with Crippen LogP contribution in [0.15, 0.2) is 24.3 Å². The van der Waals surface area contributed by atoms with Crippen molar-refractivity contribution in [3.8, 4) is 5.75 Å². The second-order valence-electron chi connectivity index (χ2n) is 5.28. The van der Waals surface area contributed by atoms with Crippen LogP contribution in [0, 0.1) is 0 Å². The van der Waals surface area contributed by atoms with Gasteiger partial charge in [-0.1, -0.05) is 19.1 Å². The third-order valence-corrected chi connectivity index (χ3v) is 3.41. The highest BCUT2D eigenvalue weighted by atomic mass is 16.5. The fraction of sp³-hybridized carbons (Fsp3) is 0.562. The van der Waals surface area contributed by atoms with Gasteiger partial charge >= 0.3 is 0 Å². The minimum Gasteiger partial charge on any atom is -0.490 e. The standard InChI is InChI=1S/C16H23NO3/c1-4-17-9-10-19-15(11-17)16(18)13-7-5-6-8-14(13)20-12(2)3/h5-8,12,15H,4,9-11H2,1-3H3. The molecule has 1 unspecified atom stereocenters. The first-order valence-electron chi connectivity index (χ1n) is 7.25. The molecule has 1 atom stereocenters. The van der Waals surface area contributed by atoms with Gasteiger partial charge in [0.25, 0.3) is 0 Å². The number of Topliss-reactive ketones (excluding diaryl/α,β-unsaturated/α-hetero) is 1. The number of benzene rings is 1. The van der Waals surface area contributed by atoms with E-state index < -0.39 is 0 Å². The first kappa shape index (κ1) is 15.0. The van der Waals surface area contributed by atoms with Gasteiger partial charge in [0.1, 0.15) is 11.9 Å². The minimum absolute atomic E-state index is 0.0133. The van der Waals surface area contributed by atoms with Gasteiger partial charge in [0.2, 0.25) is 0 Å². The predicted molar refractivity (Wildman–Crippen MR) is 78.4 cm³/mol. The van der Waals surface area contributed by atoms with Crippen molar-refractivity contribution in [3.63, 3.8) is 0 Å². The molecule has 0 spiro atoms. The summed E-state index contributed by atoms with van der Waals surface area (Å²) < 4.78 is 11.4. The average molecular weight is 277 g/mol. The van der Waals surface area contributed by atoms with E-state index in [-0.39, 0.29) is 18.0 Å². The molecule has 4 nitrogen and oxygen atoms in total. The zero-order valence-corrected chi connectivity index (χ0v) is 12.5. The summed E-state index contributed by atoms with van der Waals surface area (Å²) in [5.74, 6) is 0.657. The maximum atomic E-state index is 12.6. The number of hydrogen-bond donors (Lipinski definition) is 0. The number of rotatable bonds is 5. The monoisotopic (exact) mass is 277 g/mol. The number of ketones is 1. The average Bonchev–Trinajstić information content (AvgIpc) is 2.46. The SMILES string of the molecule is CCN1CCOC(C(=O)c2ccccc2OC(C)C)C1. The summed E-state index contributed by atoms with van der Waals surface area (Å²) >= 11 is 0. The fourth-order valence-corrected chi connectivity index (χ4v) is 2.35. The van der Waals surface area contributed by atoms with Crippen LogP contribution in [0.4, 0.5) is 0 Å². The van der Waals surface area contributed by atoms with E-state index in [0.717, 1.165) is 13.1 Å². The first-order chi connectivity index (χ1) is 9.61. The molecule has 0 radical (unpaired) electrons. The van der Waals surface area contributed by atoms with Crippen molar-refractivity contribution in [1.82, 2.24) is 4.90 Å². The van der Waals surface area contributed by atoms with Crippen molar-refractivity contribution in [1.29, 1.82) is 0 Å². The number of carbonyl (C=O) groups is 1. The van der Waals surface area contributed by atoms with E-state index in [0.29, 0.717) is 24.5 Å². The lowest BCUT2D eigenvalue weighted by Gasteiger charge is -2.31. The van der Waals surface area contributed by atoms with Crippen LogP contribution in [-0.4, -0.2) is 49.1 Å². The smallest absolute Gasteiger partial charge is 0.196 e. The molecule has 4 heteroatoms. The summed E-state index contributed by atoms with van der Waals surface area (Å²) in [5.41, 5.74) is 0.615. The summed E-state index contributed by atoms with van der Waals surface area (Å²) in [5, 5.41) is 0. The van der Waals surface area contributed by atoms with Crippen LogP contribution >= 0.6 is 0 Å². The van der Waals surface area contributed by atoms with E-state index in [4.69, 9.17) is 9.47 Å². The lowest BCUT2D eigenvalue weighted by Crippen LogP contribution is -2.45. The van der Waals surface area contributed by atoms with Crippen LogP contribution in [0.2, 0.25) is 0 Å². The number of para-hydroxylation sites is 1. The maximum absolute atomic E-state index is 12.6. The van der Waals surface area contributed by atoms with E-state index in [1.54, 1.807) is 0 Å². The number of nitrogens with zero attached hydrogens (tertiary/aromatic N) is 1. The number of likely N-dealkylation sites (N-methyl/N-ethyl adjacent to an activating group) is 1. The molecule has 0 N–H and O–H groups in total. The molecular weight excluding hydrogens is 254 g/mol. The summed E-state index contributed by atoms with van der Waals surface area (Å²) in [6, 6.07) is 7.40. The van der Waals surface area contributed by atoms with E-state index in [2.05, 4.69) is 11.8 Å². The van der Waals surface area contributed by atoms with Crippen molar-refractivity contribution in [2.24, 2.45) is 0 Å². The van der Waals surface area contributed by atoms with Crippen LogP contribution in [0.1, 0.15) is 31.1 Å². The van der Waals surface area contributed by atoms with Gasteiger partial charge < -0.3 is 9.47 Å². The summed E-state index contributed by atoms with van der Waals surface area (Å²) in [4.78, 5) is 14.9. The van der Waals surface area contributed by atoms with Gasteiger partial charge in [-0.2, -0.15) is 0 Å². The van der Waals surface area contributed by atoms with E-state index in [9.17, 15) is 4.79 Å². The molecule has 1 aromatic carbocycles. The van der Waals surface area contributed by atoms with Crippen LogP contribution < -0.4 is 4.74 Å². The number of morpholine rings is 1. The molecule has 1 aromatic rings. The molecule has 1 fully saturated rings.